The summed E-state index contributed by atoms with van der Waals surface area (Å²) in [6.45, 7) is 4.30. The number of nitrogens with zero attached hydrogens (tertiary/aromatic N) is 1. The molecule has 1 aromatic carbocycles. The van der Waals surface area contributed by atoms with E-state index in [1.807, 2.05) is 11.8 Å². The largest absolute Gasteiger partial charge is 0.381 e. The number of halogens is 1. The third-order valence-electron chi connectivity index (χ3n) is 5.38. The first kappa shape index (κ1) is 17.9. The topological polar surface area (TPSA) is 58.6 Å². The van der Waals surface area contributed by atoms with Gasteiger partial charge in [-0.2, -0.15) is 0 Å². The van der Waals surface area contributed by atoms with Crippen molar-refractivity contribution < 1.29 is 18.7 Å². The predicted molar refractivity (Wildman–Crippen MR) is 92.5 cm³/mol. The number of anilines is 1. The number of nitrogens with one attached hydrogen (secondary N) is 1. The number of hydrogen-bond acceptors (Lipinski definition) is 3. The predicted octanol–water partition coefficient (Wildman–Crippen LogP) is 2.82. The maximum Gasteiger partial charge on any atom is 0.229 e. The minimum atomic E-state index is -0.337. The Morgan fingerprint density at radius 1 is 1.28 bits per heavy atom. The molecule has 2 amide bonds. The third-order valence-corrected chi connectivity index (χ3v) is 5.38. The van der Waals surface area contributed by atoms with E-state index in [4.69, 9.17) is 4.74 Å². The van der Waals surface area contributed by atoms with E-state index >= 15 is 0 Å². The average Bonchev–Trinajstić information content (AvgIpc) is 2.97. The number of ether oxygens (including phenoxy) is 1. The summed E-state index contributed by atoms with van der Waals surface area (Å²) >= 11 is 0. The zero-order valence-electron chi connectivity index (χ0n) is 14.6. The van der Waals surface area contributed by atoms with Gasteiger partial charge < -0.3 is 15.0 Å². The van der Waals surface area contributed by atoms with Crippen LogP contribution in [0.4, 0.5) is 10.1 Å². The lowest BCUT2D eigenvalue weighted by molar-refractivity contribution is -0.130. The Kier molecular flexibility index (Phi) is 5.37. The molecule has 1 atom stereocenters. The normalized spacial score (nSPS) is 22.2. The summed E-state index contributed by atoms with van der Waals surface area (Å²) in [5.74, 6) is -0.580. The maximum atomic E-state index is 13.1. The van der Waals surface area contributed by atoms with Crippen molar-refractivity contribution in [2.45, 2.75) is 32.6 Å². The van der Waals surface area contributed by atoms with Crippen molar-refractivity contribution in [3.8, 4) is 0 Å². The maximum absolute atomic E-state index is 13.1. The standard InChI is InChI=1S/C19H25FN2O3/c1-2-3-17(23)22-12-16(19(13-22)8-10-25-11-9-19)18(24)21-15-6-4-14(20)5-7-15/h4-7,16H,2-3,8-13H2,1H3,(H,21,24). The van der Waals surface area contributed by atoms with Gasteiger partial charge in [0.05, 0.1) is 5.92 Å². The first-order chi connectivity index (χ1) is 12.0. The summed E-state index contributed by atoms with van der Waals surface area (Å²) in [5.41, 5.74) is 0.359. The number of amides is 2. The van der Waals surface area contributed by atoms with Gasteiger partial charge in [0.2, 0.25) is 11.8 Å². The van der Waals surface area contributed by atoms with Crippen LogP contribution in [-0.4, -0.2) is 43.0 Å². The molecule has 6 heteroatoms. The molecule has 1 N–H and O–H groups in total. The van der Waals surface area contributed by atoms with Crippen molar-refractivity contribution in [1.29, 1.82) is 0 Å². The lowest BCUT2D eigenvalue weighted by atomic mass is 9.71. The number of rotatable bonds is 4. The minimum absolute atomic E-state index is 0.0969. The summed E-state index contributed by atoms with van der Waals surface area (Å²) in [6.07, 6.45) is 2.88. The molecular weight excluding hydrogens is 323 g/mol. The quantitative estimate of drug-likeness (QED) is 0.910. The van der Waals surface area contributed by atoms with Gasteiger partial charge in [0, 0.05) is 43.8 Å². The Bertz CT molecular complexity index is 626. The van der Waals surface area contributed by atoms with Crippen molar-refractivity contribution in [3.05, 3.63) is 30.1 Å². The first-order valence-electron chi connectivity index (χ1n) is 8.96. The van der Waals surface area contributed by atoms with Gasteiger partial charge in [-0.15, -0.1) is 0 Å². The smallest absolute Gasteiger partial charge is 0.229 e. The van der Waals surface area contributed by atoms with Crippen molar-refractivity contribution in [2.75, 3.05) is 31.6 Å². The van der Waals surface area contributed by atoms with E-state index < -0.39 is 0 Å². The van der Waals surface area contributed by atoms with Crippen LogP contribution in [0, 0.1) is 17.2 Å². The third kappa shape index (κ3) is 3.84. The molecule has 136 valence electrons. The molecule has 0 aromatic heterocycles. The number of benzene rings is 1. The van der Waals surface area contributed by atoms with Gasteiger partial charge in [-0.05, 0) is 43.5 Å². The molecule has 0 radical (unpaired) electrons. The van der Waals surface area contributed by atoms with Gasteiger partial charge in [0.15, 0.2) is 0 Å². The summed E-state index contributed by atoms with van der Waals surface area (Å²) in [7, 11) is 0. The van der Waals surface area contributed by atoms with E-state index in [2.05, 4.69) is 5.32 Å². The molecule has 1 unspecified atom stereocenters. The van der Waals surface area contributed by atoms with Crippen LogP contribution in [0.25, 0.3) is 0 Å². The Hall–Kier alpha value is -1.95. The van der Waals surface area contributed by atoms with Crippen molar-refractivity contribution >= 4 is 17.5 Å². The first-order valence-corrected chi connectivity index (χ1v) is 8.96. The summed E-state index contributed by atoms with van der Waals surface area (Å²) in [5, 5.41) is 2.89. The minimum Gasteiger partial charge on any atom is -0.381 e. The van der Waals surface area contributed by atoms with E-state index in [9.17, 15) is 14.0 Å². The lowest BCUT2D eigenvalue weighted by Crippen LogP contribution is -2.42. The molecule has 2 saturated heterocycles. The van der Waals surface area contributed by atoms with Crippen LogP contribution in [0.2, 0.25) is 0 Å². The van der Waals surface area contributed by atoms with Gasteiger partial charge in [-0.25, -0.2) is 4.39 Å². The van der Waals surface area contributed by atoms with E-state index in [-0.39, 0.29) is 29.0 Å². The van der Waals surface area contributed by atoms with E-state index in [1.54, 1.807) is 12.1 Å². The summed E-state index contributed by atoms with van der Waals surface area (Å²) < 4.78 is 18.5. The number of hydrogen-bond donors (Lipinski definition) is 1. The highest BCUT2D eigenvalue weighted by atomic mass is 19.1. The van der Waals surface area contributed by atoms with Gasteiger partial charge in [-0.1, -0.05) is 6.92 Å². The Labute approximate surface area is 147 Å². The Morgan fingerprint density at radius 2 is 1.96 bits per heavy atom. The zero-order valence-corrected chi connectivity index (χ0v) is 14.6. The molecule has 2 aliphatic rings. The summed E-state index contributed by atoms with van der Waals surface area (Å²) in [4.78, 5) is 27.1. The molecule has 2 heterocycles. The second-order valence-electron chi connectivity index (χ2n) is 7.05. The number of carbonyl (C=O) groups is 2. The molecule has 3 rings (SSSR count). The molecule has 1 spiro atoms. The van der Waals surface area contributed by atoms with Crippen LogP contribution in [0.5, 0.6) is 0 Å². The number of likely N-dealkylation sites (tertiary alicyclic amines) is 1. The van der Waals surface area contributed by atoms with Crippen molar-refractivity contribution in [3.63, 3.8) is 0 Å². The Balaban J connectivity index is 1.76. The number of carbonyl (C=O) groups excluding carboxylic acids is 2. The molecule has 1 aromatic rings. The highest BCUT2D eigenvalue weighted by Crippen LogP contribution is 2.45. The second kappa shape index (κ2) is 7.52. The fraction of sp³-hybridized carbons (Fsp3) is 0.579. The molecular formula is C19H25FN2O3. The van der Waals surface area contributed by atoms with Crippen LogP contribution in [0.3, 0.4) is 0 Å². The zero-order chi connectivity index (χ0) is 17.9. The highest BCUT2D eigenvalue weighted by Gasteiger charge is 2.51. The lowest BCUT2D eigenvalue weighted by Gasteiger charge is -2.37. The molecule has 25 heavy (non-hydrogen) atoms. The molecule has 0 aliphatic carbocycles. The van der Waals surface area contributed by atoms with Gasteiger partial charge in [-0.3, -0.25) is 9.59 Å². The average molecular weight is 348 g/mol. The molecule has 2 fully saturated rings. The molecule has 5 nitrogen and oxygen atoms in total. The molecule has 0 saturated carbocycles. The molecule has 2 aliphatic heterocycles. The van der Waals surface area contributed by atoms with Crippen LogP contribution in [-0.2, 0) is 14.3 Å². The van der Waals surface area contributed by atoms with Crippen LogP contribution < -0.4 is 5.32 Å². The van der Waals surface area contributed by atoms with Crippen molar-refractivity contribution in [1.82, 2.24) is 4.90 Å². The SMILES string of the molecule is CCCC(=O)N1CC(C(=O)Nc2ccc(F)cc2)C2(CCOCC2)C1. The van der Waals surface area contributed by atoms with Gasteiger partial charge in [0.1, 0.15) is 5.82 Å². The fourth-order valence-electron chi connectivity index (χ4n) is 3.94. The summed E-state index contributed by atoms with van der Waals surface area (Å²) in [6, 6.07) is 5.76. The second-order valence-corrected chi connectivity index (χ2v) is 7.05. The van der Waals surface area contributed by atoms with Gasteiger partial charge >= 0.3 is 0 Å². The van der Waals surface area contributed by atoms with Gasteiger partial charge in [0.25, 0.3) is 0 Å². The van der Waals surface area contributed by atoms with E-state index in [0.29, 0.717) is 38.4 Å². The fourth-order valence-corrected chi connectivity index (χ4v) is 3.94. The van der Waals surface area contributed by atoms with Crippen LogP contribution in [0.1, 0.15) is 32.6 Å². The van der Waals surface area contributed by atoms with E-state index in [1.165, 1.54) is 12.1 Å². The van der Waals surface area contributed by atoms with Crippen molar-refractivity contribution in [2.24, 2.45) is 11.3 Å². The van der Waals surface area contributed by atoms with Crippen LogP contribution >= 0.6 is 0 Å². The monoisotopic (exact) mass is 348 g/mol. The molecule has 0 bridgehead atoms. The van der Waals surface area contributed by atoms with E-state index in [0.717, 1.165) is 19.3 Å². The highest BCUT2D eigenvalue weighted by molar-refractivity contribution is 5.94. The Morgan fingerprint density at radius 3 is 2.60 bits per heavy atom. The van der Waals surface area contributed by atoms with Crippen LogP contribution in [0.15, 0.2) is 24.3 Å².